The number of nitrogens with one attached hydrogen (secondary N) is 1. The van der Waals surface area contributed by atoms with E-state index in [1.165, 1.54) is 11.8 Å². The number of aromatic nitrogens is 1. The van der Waals surface area contributed by atoms with Gasteiger partial charge < -0.3 is 10.2 Å². The normalized spacial score (nSPS) is 14.2. The van der Waals surface area contributed by atoms with E-state index in [0.29, 0.717) is 11.7 Å². The van der Waals surface area contributed by atoms with E-state index in [1.54, 1.807) is 18.3 Å². The highest BCUT2D eigenvalue weighted by Crippen LogP contribution is 2.29. The Morgan fingerprint density at radius 1 is 1.72 bits per heavy atom. The van der Waals surface area contributed by atoms with Crippen molar-refractivity contribution in [2.45, 2.75) is 19.1 Å². The largest absolute Gasteiger partial charge is 0.359 e. The van der Waals surface area contributed by atoms with Gasteiger partial charge in [-0.05, 0) is 6.92 Å². The molecule has 2 rings (SSSR count). The number of amides is 1. The second-order valence-electron chi connectivity index (χ2n) is 3.63. The Kier molecular flexibility index (Phi) is 6.74. The van der Waals surface area contributed by atoms with Gasteiger partial charge in [-0.15, -0.1) is 11.3 Å². The lowest BCUT2D eigenvalue weighted by molar-refractivity contribution is -0.110. The molecule has 1 aliphatic heterocycles. The molecule has 1 fully saturated rings. The molecule has 7 heteroatoms. The number of nitrogens with zero attached hydrogens (tertiary/aromatic N) is 2. The minimum absolute atomic E-state index is 0.212. The number of anilines is 1. The summed E-state index contributed by atoms with van der Waals surface area (Å²) in [5.74, 6) is 0. The number of carbonyl (C=O) groups excluding carboxylic acids is 2. The van der Waals surface area contributed by atoms with E-state index >= 15 is 0 Å². The lowest BCUT2D eigenvalue weighted by Crippen LogP contribution is -2.49. The highest BCUT2D eigenvalue weighted by molar-refractivity contribution is 8.14. The first kappa shape index (κ1) is 15.0. The molecule has 0 unspecified atom stereocenters. The molecule has 1 aromatic rings. The lowest BCUT2D eigenvalue weighted by Gasteiger charge is -2.37. The molecule has 2 heterocycles. The van der Waals surface area contributed by atoms with Crippen molar-refractivity contribution in [1.82, 2.24) is 10.3 Å². The highest BCUT2D eigenvalue weighted by atomic mass is 32.2. The number of carbonyl (C=O) groups is 2. The summed E-state index contributed by atoms with van der Waals surface area (Å²) in [7, 11) is 0. The van der Waals surface area contributed by atoms with Crippen molar-refractivity contribution in [1.29, 1.82) is 0 Å². The Bertz CT molecular complexity index is 364. The van der Waals surface area contributed by atoms with Crippen LogP contribution in [-0.2, 0) is 9.59 Å². The molecule has 0 radical (unpaired) electrons. The Morgan fingerprint density at radius 2 is 2.44 bits per heavy atom. The number of rotatable bonds is 4. The zero-order valence-corrected chi connectivity index (χ0v) is 12.1. The predicted octanol–water partition coefficient (Wildman–Crippen LogP) is 1.36. The molecule has 100 valence electrons. The zero-order chi connectivity index (χ0) is 13.4. The summed E-state index contributed by atoms with van der Waals surface area (Å²) in [4.78, 5) is 26.5. The molecular formula is C11H17N3O2S2. The summed E-state index contributed by atoms with van der Waals surface area (Å²) in [6.07, 6.45) is 2.49. The Morgan fingerprint density at radius 3 is 2.83 bits per heavy atom. The summed E-state index contributed by atoms with van der Waals surface area (Å²) < 4.78 is 0. The first-order valence-corrected chi connectivity index (χ1v) is 7.42. The fraction of sp³-hybridized carbons (Fsp3) is 0.545. The zero-order valence-electron chi connectivity index (χ0n) is 10.5. The molecule has 0 bridgehead atoms. The molecule has 1 aromatic heterocycles. The van der Waals surface area contributed by atoms with E-state index in [1.807, 2.05) is 18.5 Å². The van der Waals surface area contributed by atoms with Crippen molar-refractivity contribution < 1.29 is 9.59 Å². The summed E-state index contributed by atoms with van der Waals surface area (Å²) >= 11 is 3.09. The second kappa shape index (κ2) is 8.10. The maximum absolute atomic E-state index is 10.8. The average molecular weight is 287 g/mol. The molecule has 0 aromatic carbocycles. The number of thioether (sulfide) groups is 1. The third kappa shape index (κ3) is 5.05. The summed E-state index contributed by atoms with van der Waals surface area (Å²) in [6.45, 7) is 6.13. The Labute approximate surface area is 115 Å². The van der Waals surface area contributed by atoms with Gasteiger partial charge in [-0.2, -0.15) is 0 Å². The fourth-order valence-corrected chi connectivity index (χ4v) is 3.00. The first-order valence-electron chi connectivity index (χ1n) is 5.66. The summed E-state index contributed by atoms with van der Waals surface area (Å²) in [5.41, 5.74) is 0. The van der Waals surface area contributed by atoms with Crippen molar-refractivity contribution in [3.8, 4) is 0 Å². The molecule has 0 saturated carbocycles. The topological polar surface area (TPSA) is 62.3 Å². The van der Waals surface area contributed by atoms with Gasteiger partial charge in [0.15, 0.2) is 10.2 Å². The summed E-state index contributed by atoms with van der Waals surface area (Å²) in [5, 5.41) is 6.16. The smallest absolute Gasteiger partial charge is 0.207 e. The van der Waals surface area contributed by atoms with Crippen LogP contribution in [-0.4, -0.2) is 41.4 Å². The molecule has 1 N–H and O–H groups in total. The summed E-state index contributed by atoms with van der Waals surface area (Å²) in [6, 6.07) is 0. The minimum atomic E-state index is 0.212. The molecule has 18 heavy (non-hydrogen) atoms. The van der Waals surface area contributed by atoms with Crippen LogP contribution in [0.3, 0.4) is 0 Å². The van der Waals surface area contributed by atoms with Crippen LogP contribution in [0.4, 0.5) is 5.13 Å². The molecule has 0 spiro atoms. The van der Waals surface area contributed by atoms with Crippen LogP contribution in [0.15, 0.2) is 11.6 Å². The first-order chi connectivity index (χ1) is 8.67. The maximum Gasteiger partial charge on any atom is 0.207 e. The Balaban J connectivity index is 0.000000280. The molecule has 1 amide bonds. The monoisotopic (exact) mass is 287 g/mol. The standard InChI is InChI=1S/C8H10N2OS2.C3H7NO/c1-6(11)13-7-4-10(5-7)8-9-2-3-12-8;1-2-4-3-5/h2-3,7H,4-5H2,1H3;3H,2H2,1H3,(H,4,5). The van der Waals surface area contributed by atoms with Crippen LogP contribution in [0.1, 0.15) is 13.8 Å². The van der Waals surface area contributed by atoms with Crippen molar-refractivity contribution in [3.05, 3.63) is 11.6 Å². The quantitative estimate of drug-likeness (QED) is 0.847. The highest BCUT2D eigenvalue weighted by Gasteiger charge is 2.29. The van der Waals surface area contributed by atoms with E-state index in [0.717, 1.165) is 24.8 Å². The number of hydrogen-bond acceptors (Lipinski definition) is 6. The van der Waals surface area contributed by atoms with Gasteiger partial charge in [-0.3, -0.25) is 9.59 Å². The van der Waals surface area contributed by atoms with Gasteiger partial charge in [0, 0.05) is 43.4 Å². The van der Waals surface area contributed by atoms with E-state index in [2.05, 4.69) is 15.2 Å². The second-order valence-corrected chi connectivity index (χ2v) is 5.98. The van der Waals surface area contributed by atoms with E-state index in [-0.39, 0.29) is 5.12 Å². The van der Waals surface area contributed by atoms with Crippen LogP contribution in [0.25, 0.3) is 0 Å². The maximum atomic E-state index is 10.8. The van der Waals surface area contributed by atoms with E-state index < -0.39 is 0 Å². The minimum Gasteiger partial charge on any atom is -0.359 e. The third-order valence-corrected chi connectivity index (χ3v) is 3.95. The van der Waals surface area contributed by atoms with Gasteiger partial charge in [0.05, 0.1) is 0 Å². The molecule has 0 atom stereocenters. The lowest BCUT2D eigenvalue weighted by atomic mass is 10.2. The van der Waals surface area contributed by atoms with Crippen LogP contribution < -0.4 is 10.2 Å². The van der Waals surface area contributed by atoms with Gasteiger partial charge in [0.25, 0.3) is 0 Å². The number of thiazole rings is 1. The third-order valence-electron chi connectivity index (χ3n) is 2.16. The van der Waals surface area contributed by atoms with Crippen molar-refractivity contribution in [3.63, 3.8) is 0 Å². The predicted molar refractivity (Wildman–Crippen MR) is 76.1 cm³/mol. The van der Waals surface area contributed by atoms with Gasteiger partial charge in [0.1, 0.15) is 0 Å². The number of hydrogen-bond donors (Lipinski definition) is 1. The molecule has 5 nitrogen and oxygen atoms in total. The van der Waals surface area contributed by atoms with Crippen molar-refractivity contribution >= 4 is 39.8 Å². The van der Waals surface area contributed by atoms with Gasteiger partial charge in [0.2, 0.25) is 6.41 Å². The van der Waals surface area contributed by atoms with Crippen LogP contribution in [0, 0.1) is 0 Å². The van der Waals surface area contributed by atoms with E-state index in [9.17, 15) is 9.59 Å². The van der Waals surface area contributed by atoms with E-state index in [4.69, 9.17) is 0 Å². The Hall–Kier alpha value is -1.08. The fourth-order valence-electron chi connectivity index (χ4n) is 1.36. The van der Waals surface area contributed by atoms with Crippen molar-refractivity contribution in [2.75, 3.05) is 24.5 Å². The van der Waals surface area contributed by atoms with Crippen LogP contribution in [0.5, 0.6) is 0 Å². The van der Waals surface area contributed by atoms with Gasteiger partial charge >= 0.3 is 0 Å². The SMILES string of the molecule is CC(=O)SC1CN(c2nccs2)C1.CCNC=O. The van der Waals surface area contributed by atoms with Crippen LogP contribution >= 0.6 is 23.1 Å². The van der Waals surface area contributed by atoms with Gasteiger partial charge in [-0.1, -0.05) is 11.8 Å². The average Bonchev–Trinajstić information content (AvgIpc) is 2.77. The van der Waals surface area contributed by atoms with Gasteiger partial charge in [-0.25, -0.2) is 4.98 Å². The molecule has 1 aliphatic rings. The molecule has 1 saturated heterocycles. The van der Waals surface area contributed by atoms with Crippen LogP contribution in [0.2, 0.25) is 0 Å². The molecular weight excluding hydrogens is 270 g/mol. The molecule has 0 aliphatic carbocycles. The van der Waals surface area contributed by atoms with Crippen molar-refractivity contribution in [2.24, 2.45) is 0 Å².